The third-order valence-electron chi connectivity index (χ3n) is 3.21. The second-order valence-electron chi connectivity index (χ2n) is 4.56. The van der Waals surface area contributed by atoms with Crippen LogP contribution in [0.5, 0.6) is 5.75 Å². The Kier molecular flexibility index (Phi) is 3.27. The molecule has 15 heavy (non-hydrogen) atoms. The van der Waals surface area contributed by atoms with Gasteiger partial charge in [0.2, 0.25) is 0 Å². The van der Waals surface area contributed by atoms with Gasteiger partial charge in [0.05, 0.1) is 0 Å². The fourth-order valence-electron chi connectivity index (χ4n) is 1.96. The number of phenols is 1. The fourth-order valence-corrected chi connectivity index (χ4v) is 1.96. The summed E-state index contributed by atoms with van der Waals surface area (Å²) in [5, 5.41) is 13.0. The van der Waals surface area contributed by atoms with Crippen molar-refractivity contribution in [3.63, 3.8) is 0 Å². The second kappa shape index (κ2) is 4.67. The quantitative estimate of drug-likeness (QED) is 0.792. The first kappa shape index (κ1) is 10.5. The van der Waals surface area contributed by atoms with Gasteiger partial charge in [-0.3, -0.25) is 0 Å². The molecule has 2 nitrogen and oxygen atoms in total. The summed E-state index contributed by atoms with van der Waals surface area (Å²) in [7, 11) is 0. The summed E-state index contributed by atoms with van der Waals surface area (Å²) in [6.07, 6.45) is 4.13. The lowest BCUT2D eigenvalue weighted by atomic mass is 9.85. The number of nitrogens with one attached hydrogen (secondary N) is 1. The van der Waals surface area contributed by atoms with Crippen molar-refractivity contribution in [2.45, 2.75) is 32.7 Å². The van der Waals surface area contributed by atoms with Crippen LogP contribution in [0.4, 0.5) is 0 Å². The van der Waals surface area contributed by atoms with E-state index in [4.69, 9.17) is 0 Å². The molecule has 0 spiro atoms. The van der Waals surface area contributed by atoms with Gasteiger partial charge in [0.1, 0.15) is 5.75 Å². The average Bonchev–Trinajstić information content (AvgIpc) is 2.15. The number of aryl methyl sites for hydroxylation is 1. The molecule has 1 aliphatic rings. The van der Waals surface area contributed by atoms with Crippen LogP contribution in [-0.4, -0.2) is 11.7 Å². The summed E-state index contributed by atoms with van der Waals surface area (Å²) in [5.74, 6) is 1.28. The predicted molar refractivity (Wildman–Crippen MR) is 61.9 cm³/mol. The SMILES string of the molecule is Cc1ccc(O)c(CNCC2CCC2)c1. The Balaban J connectivity index is 1.83. The van der Waals surface area contributed by atoms with Crippen molar-refractivity contribution in [2.75, 3.05) is 6.54 Å². The molecule has 0 heterocycles. The molecule has 2 rings (SSSR count). The first-order valence-electron chi connectivity index (χ1n) is 5.75. The lowest BCUT2D eigenvalue weighted by Gasteiger charge is -2.25. The molecular formula is C13H19NO. The van der Waals surface area contributed by atoms with E-state index in [2.05, 4.69) is 12.2 Å². The van der Waals surface area contributed by atoms with Crippen LogP contribution < -0.4 is 5.32 Å². The summed E-state index contributed by atoms with van der Waals surface area (Å²) < 4.78 is 0. The zero-order valence-corrected chi connectivity index (χ0v) is 9.29. The van der Waals surface area contributed by atoms with Crippen molar-refractivity contribution in [3.8, 4) is 5.75 Å². The molecule has 0 aromatic heterocycles. The Hall–Kier alpha value is -1.02. The Morgan fingerprint density at radius 2 is 2.20 bits per heavy atom. The molecule has 82 valence electrons. The van der Waals surface area contributed by atoms with Gasteiger partial charge in [-0.25, -0.2) is 0 Å². The molecule has 1 aromatic rings. The molecule has 1 saturated carbocycles. The normalized spacial score (nSPS) is 16.3. The van der Waals surface area contributed by atoms with E-state index in [1.807, 2.05) is 12.1 Å². The Labute approximate surface area is 91.3 Å². The molecule has 2 N–H and O–H groups in total. The number of aromatic hydroxyl groups is 1. The molecule has 2 heteroatoms. The predicted octanol–water partition coefficient (Wildman–Crippen LogP) is 2.59. The molecule has 0 unspecified atom stereocenters. The van der Waals surface area contributed by atoms with Crippen molar-refractivity contribution < 1.29 is 5.11 Å². The van der Waals surface area contributed by atoms with E-state index in [0.717, 1.165) is 24.6 Å². The van der Waals surface area contributed by atoms with Gasteiger partial charge in [-0.1, -0.05) is 24.1 Å². The standard InChI is InChI=1S/C13H19NO/c1-10-5-6-13(15)12(7-10)9-14-8-11-3-2-4-11/h5-7,11,14-15H,2-4,8-9H2,1H3. The summed E-state index contributed by atoms with van der Waals surface area (Å²) in [4.78, 5) is 0. The molecule has 0 radical (unpaired) electrons. The summed E-state index contributed by atoms with van der Waals surface area (Å²) in [6, 6.07) is 5.75. The van der Waals surface area contributed by atoms with Crippen molar-refractivity contribution in [2.24, 2.45) is 5.92 Å². The highest BCUT2D eigenvalue weighted by atomic mass is 16.3. The lowest BCUT2D eigenvalue weighted by Crippen LogP contribution is -2.26. The maximum Gasteiger partial charge on any atom is 0.120 e. The molecule has 0 atom stereocenters. The first-order chi connectivity index (χ1) is 7.25. The molecule has 1 fully saturated rings. The first-order valence-corrected chi connectivity index (χ1v) is 5.75. The zero-order valence-electron chi connectivity index (χ0n) is 9.29. The van der Waals surface area contributed by atoms with E-state index in [1.165, 1.54) is 24.8 Å². The largest absolute Gasteiger partial charge is 0.508 e. The lowest BCUT2D eigenvalue weighted by molar-refractivity contribution is 0.300. The van der Waals surface area contributed by atoms with E-state index in [1.54, 1.807) is 6.07 Å². The molecule has 0 bridgehead atoms. The van der Waals surface area contributed by atoms with Crippen LogP contribution in [0.1, 0.15) is 30.4 Å². The molecular weight excluding hydrogens is 186 g/mol. The van der Waals surface area contributed by atoms with Crippen LogP contribution in [-0.2, 0) is 6.54 Å². The van der Waals surface area contributed by atoms with Gasteiger partial charge in [-0.15, -0.1) is 0 Å². The monoisotopic (exact) mass is 205 g/mol. The van der Waals surface area contributed by atoms with Gasteiger partial charge in [-0.2, -0.15) is 0 Å². The van der Waals surface area contributed by atoms with Crippen LogP contribution in [0.3, 0.4) is 0 Å². The van der Waals surface area contributed by atoms with E-state index < -0.39 is 0 Å². The van der Waals surface area contributed by atoms with Crippen molar-refractivity contribution in [3.05, 3.63) is 29.3 Å². The van der Waals surface area contributed by atoms with Crippen LogP contribution in [0, 0.1) is 12.8 Å². The number of phenolic OH excluding ortho intramolecular Hbond substituents is 1. The third-order valence-corrected chi connectivity index (χ3v) is 3.21. The van der Waals surface area contributed by atoms with Gasteiger partial charge in [0, 0.05) is 12.1 Å². The van der Waals surface area contributed by atoms with Gasteiger partial charge < -0.3 is 10.4 Å². The molecule has 1 aromatic carbocycles. The second-order valence-corrected chi connectivity index (χ2v) is 4.56. The van der Waals surface area contributed by atoms with E-state index >= 15 is 0 Å². The Bertz CT molecular complexity index is 331. The number of hydrogen-bond acceptors (Lipinski definition) is 2. The minimum absolute atomic E-state index is 0.404. The van der Waals surface area contributed by atoms with Crippen molar-refractivity contribution >= 4 is 0 Å². The van der Waals surface area contributed by atoms with Gasteiger partial charge in [0.15, 0.2) is 0 Å². The minimum atomic E-state index is 0.404. The van der Waals surface area contributed by atoms with E-state index in [9.17, 15) is 5.11 Å². The highest BCUT2D eigenvalue weighted by Gasteiger charge is 2.16. The number of rotatable bonds is 4. The van der Waals surface area contributed by atoms with Crippen LogP contribution >= 0.6 is 0 Å². The summed E-state index contributed by atoms with van der Waals surface area (Å²) >= 11 is 0. The molecule has 0 aliphatic heterocycles. The van der Waals surface area contributed by atoms with Gasteiger partial charge >= 0.3 is 0 Å². The number of hydrogen-bond donors (Lipinski definition) is 2. The average molecular weight is 205 g/mol. The highest BCUT2D eigenvalue weighted by Crippen LogP contribution is 2.25. The van der Waals surface area contributed by atoms with Crippen LogP contribution in [0.25, 0.3) is 0 Å². The maximum atomic E-state index is 9.63. The van der Waals surface area contributed by atoms with Crippen LogP contribution in [0.2, 0.25) is 0 Å². The van der Waals surface area contributed by atoms with Gasteiger partial charge in [-0.05, 0) is 38.3 Å². The number of benzene rings is 1. The highest BCUT2D eigenvalue weighted by molar-refractivity contribution is 5.35. The smallest absolute Gasteiger partial charge is 0.120 e. The molecule has 0 amide bonds. The molecule has 0 saturated heterocycles. The van der Waals surface area contributed by atoms with E-state index in [0.29, 0.717) is 5.75 Å². The van der Waals surface area contributed by atoms with Crippen molar-refractivity contribution in [1.29, 1.82) is 0 Å². The van der Waals surface area contributed by atoms with E-state index in [-0.39, 0.29) is 0 Å². The Morgan fingerprint density at radius 1 is 1.40 bits per heavy atom. The molecule has 1 aliphatic carbocycles. The van der Waals surface area contributed by atoms with Gasteiger partial charge in [0.25, 0.3) is 0 Å². The minimum Gasteiger partial charge on any atom is -0.508 e. The summed E-state index contributed by atoms with van der Waals surface area (Å²) in [5.41, 5.74) is 2.21. The van der Waals surface area contributed by atoms with Crippen LogP contribution in [0.15, 0.2) is 18.2 Å². The summed E-state index contributed by atoms with van der Waals surface area (Å²) in [6.45, 7) is 3.92. The zero-order chi connectivity index (χ0) is 10.7. The Morgan fingerprint density at radius 3 is 2.87 bits per heavy atom. The topological polar surface area (TPSA) is 32.3 Å². The maximum absolute atomic E-state index is 9.63. The third kappa shape index (κ3) is 2.72. The fraction of sp³-hybridized carbons (Fsp3) is 0.538. The van der Waals surface area contributed by atoms with Crippen molar-refractivity contribution in [1.82, 2.24) is 5.32 Å².